The van der Waals surface area contributed by atoms with Gasteiger partial charge in [0.25, 0.3) is 0 Å². The molecule has 0 saturated carbocycles. The van der Waals surface area contributed by atoms with E-state index in [0.717, 1.165) is 16.7 Å². The lowest BCUT2D eigenvalue weighted by Crippen LogP contribution is -2.41. The lowest BCUT2D eigenvalue weighted by atomic mass is 9.75. The lowest BCUT2D eigenvalue weighted by molar-refractivity contribution is 0.00578. The Kier molecular flexibility index (Phi) is 3.41. The van der Waals surface area contributed by atoms with Crippen molar-refractivity contribution in [2.24, 2.45) is 4.99 Å². The molecule has 100 valence electrons. The van der Waals surface area contributed by atoms with Crippen LogP contribution in [-0.4, -0.2) is 25.0 Å². The molecular formula is C15H20BNO2. The highest BCUT2D eigenvalue weighted by Crippen LogP contribution is 2.37. The van der Waals surface area contributed by atoms with Crippen LogP contribution in [0.25, 0.3) is 6.08 Å². The molecule has 0 radical (unpaired) electrons. The van der Waals surface area contributed by atoms with E-state index >= 15 is 0 Å². The second kappa shape index (κ2) is 4.62. The summed E-state index contributed by atoms with van der Waals surface area (Å²) in [5, 5.41) is 0. The van der Waals surface area contributed by atoms with E-state index in [0.29, 0.717) is 0 Å². The highest BCUT2D eigenvalue weighted by Gasteiger charge is 2.52. The molecule has 19 heavy (non-hydrogen) atoms. The molecule has 1 heterocycles. The van der Waals surface area contributed by atoms with E-state index < -0.39 is 7.12 Å². The van der Waals surface area contributed by atoms with Crippen molar-refractivity contribution in [1.29, 1.82) is 0 Å². The van der Waals surface area contributed by atoms with E-state index in [1.165, 1.54) is 0 Å². The number of aliphatic imine (C=N–C) groups is 1. The molecule has 1 aromatic carbocycles. The molecular weight excluding hydrogens is 237 g/mol. The smallest absolute Gasteiger partial charge is 0.399 e. The summed E-state index contributed by atoms with van der Waals surface area (Å²) < 4.78 is 12.1. The standard InChI is InChI=1S/C15H20BNO2/c1-7-11-12(9-8-10-13(11)17-6)16-18-14(2,3)15(4,5)19-16/h7-10H,1,6H2,2-5H3. The molecule has 0 spiro atoms. The van der Waals surface area contributed by atoms with Gasteiger partial charge >= 0.3 is 7.12 Å². The SMILES string of the molecule is C=Cc1c(N=C)cccc1B1OC(C)(C)C(C)(C)O1. The number of hydrogen-bond acceptors (Lipinski definition) is 3. The molecule has 0 amide bonds. The molecule has 1 saturated heterocycles. The third-order valence-corrected chi connectivity index (χ3v) is 4.00. The van der Waals surface area contributed by atoms with Crippen LogP contribution in [0.5, 0.6) is 0 Å². The third kappa shape index (κ3) is 2.26. The maximum atomic E-state index is 6.06. The van der Waals surface area contributed by atoms with Gasteiger partial charge in [-0.25, -0.2) is 0 Å². The van der Waals surface area contributed by atoms with Gasteiger partial charge in [-0.2, -0.15) is 0 Å². The van der Waals surface area contributed by atoms with Crippen LogP contribution in [0, 0.1) is 0 Å². The van der Waals surface area contributed by atoms with Crippen molar-refractivity contribution < 1.29 is 9.31 Å². The van der Waals surface area contributed by atoms with Crippen LogP contribution in [-0.2, 0) is 9.31 Å². The summed E-state index contributed by atoms with van der Waals surface area (Å²) in [4.78, 5) is 4.01. The van der Waals surface area contributed by atoms with E-state index in [1.54, 1.807) is 6.08 Å². The molecule has 1 aliphatic heterocycles. The Hall–Kier alpha value is -1.39. The molecule has 0 bridgehead atoms. The van der Waals surface area contributed by atoms with Crippen molar-refractivity contribution in [3.63, 3.8) is 0 Å². The summed E-state index contributed by atoms with van der Waals surface area (Å²) in [6, 6.07) is 5.81. The van der Waals surface area contributed by atoms with Crippen LogP contribution < -0.4 is 5.46 Å². The fourth-order valence-corrected chi connectivity index (χ4v) is 2.11. The first-order valence-electron chi connectivity index (χ1n) is 6.40. The summed E-state index contributed by atoms with van der Waals surface area (Å²) in [7, 11) is -0.403. The van der Waals surface area contributed by atoms with Crippen molar-refractivity contribution in [3.8, 4) is 0 Å². The molecule has 3 nitrogen and oxygen atoms in total. The fourth-order valence-electron chi connectivity index (χ4n) is 2.11. The van der Waals surface area contributed by atoms with Gasteiger partial charge in [0, 0.05) is 0 Å². The largest absolute Gasteiger partial charge is 0.495 e. The van der Waals surface area contributed by atoms with Crippen LogP contribution in [0.3, 0.4) is 0 Å². The first-order chi connectivity index (χ1) is 8.82. The molecule has 0 aromatic heterocycles. The molecule has 1 aliphatic rings. The number of hydrogen-bond donors (Lipinski definition) is 0. The fraction of sp³-hybridized carbons (Fsp3) is 0.400. The summed E-state index contributed by atoms with van der Waals surface area (Å²) in [5.74, 6) is 0. The maximum absolute atomic E-state index is 6.06. The summed E-state index contributed by atoms with van der Waals surface area (Å²) in [6.45, 7) is 15.6. The Bertz CT molecular complexity index is 507. The predicted octanol–water partition coefficient (Wildman–Crippen LogP) is 2.96. The van der Waals surface area contributed by atoms with Crippen LogP contribution in [0.2, 0.25) is 0 Å². The topological polar surface area (TPSA) is 30.8 Å². The van der Waals surface area contributed by atoms with Crippen molar-refractivity contribution in [2.75, 3.05) is 0 Å². The van der Waals surface area contributed by atoms with Crippen LogP contribution in [0.1, 0.15) is 33.3 Å². The third-order valence-electron chi connectivity index (χ3n) is 4.00. The second-order valence-electron chi connectivity index (χ2n) is 5.73. The van der Waals surface area contributed by atoms with Gasteiger partial charge in [-0.05, 0) is 51.5 Å². The predicted molar refractivity (Wildman–Crippen MR) is 81.5 cm³/mol. The van der Waals surface area contributed by atoms with Gasteiger partial charge in [0.2, 0.25) is 0 Å². The van der Waals surface area contributed by atoms with Gasteiger partial charge in [0.05, 0.1) is 16.9 Å². The molecule has 4 heteroatoms. The molecule has 0 aliphatic carbocycles. The van der Waals surface area contributed by atoms with Gasteiger partial charge < -0.3 is 9.31 Å². The van der Waals surface area contributed by atoms with Gasteiger partial charge in [-0.15, -0.1) is 0 Å². The highest BCUT2D eigenvalue weighted by atomic mass is 16.7. The van der Waals surface area contributed by atoms with E-state index in [2.05, 4.69) is 18.3 Å². The zero-order chi connectivity index (χ0) is 14.3. The van der Waals surface area contributed by atoms with E-state index in [4.69, 9.17) is 9.31 Å². The maximum Gasteiger partial charge on any atom is 0.495 e. The Labute approximate surface area is 115 Å². The van der Waals surface area contributed by atoms with Gasteiger partial charge in [-0.3, -0.25) is 4.99 Å². The van der Waals surface area contributed by atoms with Crippen LogP contribution in [0.15, 0.2) is 29.8 Å². The molecule has 1 fully saturated rings. The van der Waals surface area contributed by atoms with Crippen molar-refractivity contribution in [3.05, 3.63) is 30.3 Å². The van der Waals surface area contributed by atoms with Gasteiger partial charge in [0.1, 0.15) is 0 Å². The Morgan fingerprint density at radius 3 is 2.21 bits per heavy atom. The molecule has 0 N–H and O–H groups in total. The van der Waals surface area contributed by atoms with E-state index in [-0.39, 0.29) is 11.2 Å². The summed E-state index contributed by atoms with van der Waals surface area (Å²) in [5.41, 5.74) is 1.94. The minimum absolute atomic E-state index is 0.353. The Balaban J connectivity index is 2.45. The minimum Gasteiger partial charge on any atom is -0.399 e. The number of rotatable bonds is 3. The zero-order valence-corrected chi connectivity index (χ0v) is 12.1. The van der Waals surface area contributed by atoms with Crippen molar-refractivity contribution in [1.82, 2.24) is 0 Å². The van der Waals surface area contributed by atoms with Crippen LogP contribution in [0.4, 0.5) is 5.69 Å². The quantitative estimate of drug-likeness (QED) is 0.615. The average molecular weight is 257 g/mol. The highest BCUT2D eigenvalue weighted by molar-refractivity contribution is 6.63. The summed E-state index contributed by atoms with van der Waals surface area (Å²) >= 11 is 0. The average Bonchev–Trinajstić information content (AvgIpc) is 2.57. The lowest BCUT2D eigenvalue weighted by Gasteiger charge is -2.32. The van der Waals surface area contributed by atoms with Gasteiger partial charge in [-0.1, -0.05) is 24.8 Å². The first-order valence-corrected chi connectivity index (χ1v) is 6.40. The number of nitrogens with zero attached hydrogens (tertiary/aromatic N) is 1. The van der Waals surface area contributed by atoms with Crippen molar-refractivity contribution >= 4 is 31.1 Å². The minimum atomic E-state index is -0.403. The van der Waals surface area contributed by atoms with Gasteiger partial charge in [0.15, 0.2) is 0 Å². The van der Waals surface area contributed by atoms with Crippen molar-refractivity contribution in [2.45, 2.75) is 38.9 Å². The Morgan fingerprint density at radius 1 is 1.16 bits per heavy atom. The zero-order valence-electron chi connectivity index (χ0n) is 12.1. The second-order valence-corrected chi connectivity index (χ2v) is 5.73. The van der Waals surface area contributed by atoms with E-state index in [9.17, 15) is 0 Å². The van der Waals surface area contributed by atoms with Crippen LogP contribution >= 0.6 is 0 Å². The normalized spacial score (nSPS) is 20.3. The molecule has 0 atom stereocenters. The molecule has 0 unspecified atom stereocenters. The summed E-state index contributed by atoms with van der Waals surface area (Å²) in [6.07, 6.45) is 1.77. The first kappa shape index (κ1) is 14.0. The monoisotopic (exact) mass is 257 g/mol. The van der Waals surface area contributed by atoms with E-state index in [1.807, 2.05) is 45.9 Å². The molecule has 2 rings (SSSR count). The number of benzene rings is 1. The Morgan fingerprint density at radius 2 is 1.74 bits per heavy atom. The molecule has 1 aromatic rings.